The first-order valence-electron chi connectivity index (χ1n) is 5.53. The minimum absolute atomic E-state index is 0.326. The summed E-state index contributed by atoms with van der Waals surface area (Å²) in [7, 11) is 0. The summed E-state index contributed by atoms with van der Waals surface area (Å²) < 4.78 is 26.1. The molecule has 2 rings (SSSR count). The van der Waals surface area contributed by atoms with Crippen molar-refractivity contribution in [1.82, 2.24) is 0 Å². The third kappa shape index (κ3) is 3.25. The lowest BCUT2D eigenvalue weighted by atomic mass is 9.97. The summed E-state index contributed by atoms with van der Waals surface area (Å²) in [4.78, 5) is 10.9. The maximum Gasteiger partial charge on any atom is 0.328 e. The van der Waals surface area contributed by atoms with Crippen molar-refractivity contribution in [3.05, 3.63) is 77.4 Å². The van der Waals surface area contributed by atoms with E-state index in [4.69, 9.17) is 5.11 Å². The molecular formula is C15H10F2O2. The number of carboxylic acid groups (broad SMARTS) is 1. The average Bonchev–Trinajstić information content (AvgIpc) is 2.37. The highest BCUT2D eigenvalue weighted by Gasteiger charge is 2.08. The molecule has 0 aliphatic rings. The van der Waals surface area contributed by atoms with Crippen molar-refractivity contribution >= 4 is 11.5 Å². The lowest BCUT2D eigenvalue weighted by Gasteiger charge is -2.07. The molecule has 96 valence electrons. The van der Waals surface area contributed by atoms with Crippen LogP contribution in [0, 0.1) is 11.6 Å². The minimum atomic E-state index is -1.15. The highest BCUT2D eigenvalue weighted by Crippen LogP contribution is 2.24. The number of aliphatic carboxylic acids is 1. The molecule has 4 heteroatoms. The van der Waals surface area contributed by atoms with Crippen LogP contribution in [0.3, 0.4) is 0 Å². The zero-order valence-corrected chi connectivity index (χ0v) is 9.81. The standard InChI is InChI=1S/C15H10F2O2/c16-12-6-4-10(5-7-12)14(9-15(18)19)11-2-1-3-13(17)8-11/h1-9H,(H,18,19). The van der Waals surface area contributed by atoms with Gasteiger partial charge in [-0.2, -0.15) is 0 Å². The van der Waals surface area contributed by atoms with E-state index in [1.165, 1.54) is 42.5 Å². The molecule has 0 unspecified atom stereocenters. The third-order valence-corrected chi connectivity index (χ3v) is 2.56. The van der Waals surface area contributed by atoms with Crippen molar-refractivity contribution in [2.45, 2.75) is 0 Å². The summed E-state index contributed by atoms with van der Waals surface area (Å²) in [5.41, 5.74) is 1.26. The summed E-state index contributed by atoms with van der Waals surface area (Å²) in [6, 6.07) is 11.0. The Morgan fingerprint density at radius 3 is 2.21 bits per heavy atom. The third-order valence-electron chi connectivity index (χ3n) is 2.56. The largest absolute Gasteiger partial charge is 0.478 e. The summed E-state index contributed by atoms with van der Waals surface area (Å²) in [6.07, 6.45) is 0.974. The molecule has 2 aromatic carbocycles. The van der Waals surface area contributed by atoms with Crippen molar-refractivity contribution in [3.63, 3.8) is 0 Å². The van der Waals surface area contributed by atoms with Gasteiger partial charge in [0.05, 0.1) is 0 Å². The van der Waals surface area contributed by atoms with Gasteiger partial charge in [-0.25, -0.2) is 13.6 Å². The topological polar surface area (TPSA) is 37.3 Å². The van der Waals surface area contributed by atoms with Gasteiger partial charge >= 0.3 is 5.97 Å². The van der Waals surface area contributed by atoms with E-state index in [1.807, 2.05) is 0 Å². The summed E-state index contributed by atoms with van der Waals surface area (Å²) in [6.45, 7) is 0. The highest BCUT2D eigenvalue weighted by molar-refractivity contribution is 5.95. The molecule has 0 aliphatic carbocycles. The van der Waals surface area contributed by atoms with Gasteiger partial charge in [-0.1, -0.05) is 24.3 Å². The van der Waals surface area contributed by atoms with Gasteiger partial charge in [0, 0.05) is 6.08 Å². The summed E-state index contributed by atoms with van der Waals surface area (Å²) >= 11 is 0. The first-order valence-corrected chi connectivity index (χ1v) is 5.53. The van der Waals surface area contributed by atoms with Crippen LogP contribution in [0.2, 0.25) is 0 Å². The van der Waals surface area contributed by atoms with Gasteiger partial charge in [-0.15, -0.1) is 0 Å². The van der Waals surface area contributed by atoms with E-state index in [1.54, 1.807) is 6.07 Å². The SMILES string of the molecule is O=C(O)C=C(c1ccc(F)cc1)c1cccc(F)c1. The molecule has 0 aliphatic heterocycles. The van der Waals surface area contributed by atoms with Crippen LogP contribution in [0.15, 0.2) is 54.6 Å². The van der Waals surface area contributed by atoms with Crippen molar-refractivity contribution < 1.29 is 18.7 Å². The summed E-state index contributed by atoms with van der Waals surface area (Å²) in [5, 5.41) is 8.89. The number of hydrogen-bond acceptors (Lipinski definition) is 1. The molecular weight excluding hydrogens is 250 g/mol. The molecule has 0 heterocycles. The Hall–Kier alpha value is -2.49. The van der Waals surface area contributed by atoms with Crippen LogP contribution in [0.4, 0.5) is 8.78 Å². The lowest BCUT2D eigenvalue weighted by molar-refractivity contribution is -0.131. The smallest absolute Gasteiger partial charge is 0.328 e. The fourth-order valence-electron chi connectivity index (χ4n) is 1.74. The molecule has 0 aromatic heterocycles. The Labute approximate surface area is 108 Å². The van der Waals surface area contributed by atoms with Crippen molar-refractivity contribution in [3.8, 4) is 0 Å². The van der Waals surface area contributed by atoms with Gasteiger partial charge in [0.1, 0.15) is 11.6 Å². The molecule has 0 spiro atoms. The number of carbonyl (C=O) groups is 1. The van der Waals surface area contributed by atoms with Crippen LogP contribution in [-0.2, 0) is 4.79 Å². The zero-order chi connectivity index (χ0) is 13.8. The normalized spacial score (nSPS) is 11.4. The zero-order valence-electron chi connectivity index (χ0n) is 9.81. The van der Waals surface area contributed by atoms with Crippen LogP contribution < -0.4 is 0 Å². The van der Waals surface area contributed by atoms with E-state index in [0.29, 0.717) is 16.7 Å². The van der Waals surface area contributed by atoms with Crippen molar-refractivity contribution in [1.29, 1.82) is 0 Å². The molecule has 0 fully saturated rings. The Morgan fingerprint density at radius 2 is 1.63 bits per heavy atom. The minimum Gasteiger partial charge on any atom is -0.478 e. The van der Waals surface area contributed by atoms with E-state index in [-0.39, 0.29) is 0 Å². The van der Waals surface area contributed by atoms with Crippen LogP contribution in [-0.4, -0.2) is 11.1 Å². The monoisotopic (exact) mass is 260 g/mol. The van der Waals surface area contributed by atoms with Gasteiger partial charge in [0.2, 0.25) is 0 Å². The second kappa shape index (κ2) is 5.44. The van der Waals surface area contributed by atoms with Crippen LogP contribution in [0.25, 0.3) is 5.57 Å². The van der Waals surface area contributed by atoms with Crippen molar-refractivity contribution in [2.75, 3.05) is 0 Å². The van der Waals surface area contributed by atoms with Crippen LogP contribution in [0.5, 0.6) is 0 Å². The molecule has 0 bridgehead atoms. The maximum atomic E-state index is 13.2. The number of hydrogen-bond donors (Lipinski definition) is 1. The Bertz CT molecular complexity index is 631. The van der Waals surface area contributed by atoms with Crippen LogP contribution >= 0.6 is 0 Å². The molecule has 2 aromatic rings. The molecule has 2 nitrogen and oxygen atoms in total. The Morgan fingerprint density at radius 1 is 0.947 bits per heavy atom. The second-order valence-corrected chi connectivity index (χ2v) is 3.91. The number of benzene rings is 2. The average molecular weight is 260 g/mol. The van der Waals surface area contributed by atoms with Crippen LogP contribution in [0.1, 0.15) is 11.1 Å². The first-order chi connectivity index (χ1) is 9.06. The fraction of sp³-hybridized carbons (Fsp3) is 0. The van der Waals surface area contributed by atoms with Gasteiger partial charge in [-0.3, -0.25) is 0 Å². The Kier molecular flexibility index (Phi) is 3.71. The van der Waals surface area contributed by atoms with Crippen molar-refractivity contribution in [2.24, 2.45) is 0 Å². The number of halogens is 2. The highest BCUT2D eigenvalue weighted by atomic mass is 19.1. The van der Waals surface area contributed by atoms with E-state index in [0.717, 1.165) is 6.08 Å². The fourth-order valence-corrected chi connectivity index (χ4v) is 1.74. The predicted octanol–water partition coefficient (Wildman–Crippen LogP) is 3.48. The summed E-state index contributed by atoms with van der Waals surface area (Å²) in [5.74, 6) is -2.03. The van der Waals surface area contributed by atoms with E-state index < -0.39 is 17.6 Å². The number of rotatable bonds is 3. The first kappa shape index (κ1) is 13.0. The molecule has 0 amide bonds. The predicted molar refractivity (Wildman–Crippen MR) is 67.5 cm³/mol. The van der Waals surface area contributed by atoms with Gasteiger partial charge in [0.15, 0.2) is 0 Å². The molecule has 0 saturated heterocycles. The van der Waals surface area contributed by atoms with E-state index >= 15 is 0 Å². The van der Waals surface area contributed by atoms with E-state index in [2.05, 4.69) is 0 Å². The lowest BCUT2D eigenvalue weighted by Crippen LogP contribution is -1.95. The second-order valence-electron chi connectivity index (χ2n) is 3.91. The Balaban J connectivity index is 2.54. The molecule has 0 saturated carbocycles. The number of carboxylic acids is 1. The van der Waals surface area contributed by atoms with E-state index in [9.17, 15) is 13.6 Å². The maximum absolute atomic E-state index is 13.2. The molecule has 19 heavy (non-hydrogen) atoms. The molecule has 0 radical (unpaired) electrons. The molecule has 1 N–H and O–H groups in total. The quantitative estimate of drug-likeness (QED) is 0.858. The van der Waals surface area contributed by atoms with Gasteiger partial charge in [0.25, 0.3) is 0 Å². The molecule has 0 atom stereocenters. The van der Waals surface area contributed by atoms with Gasteiger partial charge in [-0.05, 0) is 41.0 Å². The van der Waals surface area contributed by atoms with Gasteiger partial charge < -0.3 is 5.11 Å².